The number of hydrogen-bond donors (Lipinski definition) is 1. The minimum Gasteiger partial charge on any atom is -0.462 e. The topological polar surface area (TPSA) is 106 Å². The standard InChI is InChI=1S/C29H40N2O7/c1-17-14-22-25(27(37-19(3)33)29(4)24(34)15-23(26(17)29)36-18(2)32)21(28(35)38-22)16-30-10-12-31(13-11-30)20-8-6-5-7-9-20/h5-9,17,21-27,34H,10-16H2,1-4H3/t17-,21+,22+,23+,24+,25-,26+,27+,29-/m1/s1. The highest BCUT2D eigenvalue weighted by Crippen LogP contribution is 2.59. The molecule has 0 unspecified atom stereocenters. The van der Waals surface area contributed by atoms with Crippen LogP contribution in [-0.2, 0) is 28.6 Å². The number of esters is 3. The number of rotatable bonds is 5. The molecule has 2 aliphatic carbocycles. The summed E-state index contributed by atoms with van der Waals surface area (Å²) in [6.45, 7) is 10.5. The lowest BCUT2D eigenvalue weighted by Crippen LogP contribution is -2.54. The zero-order valence-corrected chi connectivity index (χ0v) is 22.7. The fourth-order valence-electron chi connectivity index (χ4n) is 7.89. The number of anilines is 1. The first-order chi connectivity index (χ1) is 18.1. The van der Waals surface area contributed by atoms with E-state index in [4.69, 9.17) is 14.2 Å². The SMILES string of the molecule is CC(=O)O[C@H]1C[C@H](O)[C@]2(C)[C@H]1[C@H](C)C[C@@H]1OC(=O)[C@@H](CN3CCN(c4ccccc4)CC3)[C@H]1[C@@H]2OC(C)=O. The zero-order chi connectivity index (χ0) is 27.2. The van der Waals surface area contributed by atoms with Crippen molar-refractivity contribution >= 4 is 23.6 Å². The molecule has 0 radical (unpaired) electrons. The molecule has 9 heteroatoms. The van der Waals surface area contributed by atoms with E-state index in [1.165, 1.54) is 19.5 Å². The minimum absolute atomic E-state index is 0.0180. The van der Waals surface area contributed by atoms with E-state index in [1.807, 2.05) is 25.1 Å². The van der Waals surface area contributed by atoms with Crippen LogP contribution in [0.5, 0.6) is 0 Å². The second kappa shape index (κ2) is 10.5. The maximum Gasteiger partial charge on any atom is 0.311 e. The van der Waals surface area contributed by atoms with Crippen LogP contribution in [0.25, 0.3) is 0 Å². The third-order valence-electron chi connectivity index (χ3n) is 9.50. The Bertz CT molecular complexity index is 1040. The van der Waals surface area contributed by atoms with Crippen molar-refractivity contribution in [3.05, 3.63) is 30.3 Å². The molecule has 9 atom stereocenters. The van der Waals surface area contributed by atoms with Crippen molar-refractivity contribution in [2.45, 2.75) is 65.0 Å². The Morgan fingerprint density at radius 2 is 1.71 bits per heavy atom. The molecule has 9 nitrogen and oxygen atoms in total. The van der Waals surface area contributed by atoms with Gasteiger partial charge >= 0.3 is 17.9 Å². The van der Waals surface area contributed by atoms with Crippen molar-refractivity contribution in [2.24, 2.45) is 29.1 Å². The van der Waals surface area contributed by atoms with Gasteiger partial charge in [0.25, 0.3) is 0 Å². The monoisotopic (exact) mass is 528 g/mol. The summed E-state index contributed by atoms with van der Waals surface area (Å²) in [5, 5.41) is 11.4. The van der Waals surface area contributed by atoms with Crippen LogP contribution >= 0.6 is 0 Å². The van der Waals surface area contributed by atoms with Gasteiger partial charge < -0.3 is 24.2 Å². The maximum absolute atomic E-state index is 13.3. The van der Waals surface area contributed by atoms with Gasteiger partial charge in [-0.25, -0.2) is 0 Å². The molecule has 2 saturated carbocycles. The van der Waals surface area contributed by atoms with Gasteiger partial charge in [-0.3, -0.25) is 19.3 Å². The van der Waals surface area contributed by atoms with Gasteiger partial charge in [-0.05, 0) is 24.5 Å². The summed E-state index contributed by atoms with van der Waals surface area (Å²) < 4.78 is 17.7. The number of benzene rings is 1. The zero-order valence-electron chi connectivity index (χ0n) is 22.7. The summed E-state index contributed by atoms with van der Waals surface area (Å²) in [4.78, 5) is 42.2. The van der Waals surface area contributed by atoms with Crippen LogP contribution in [0, 0.1) is 29.1 Å². The van der Waals surface area contributed by atoms with Crippen molar-refractivity contribution in [1.82, 2.24) is 4.90 Å². The Morgan fingerprint density at radius 1 is 1.05 bits per heavy atom. The lowest BCUT2D eigenvalue weighted by molar-refractivity contribution is -0.174. The summed E-state index contributed by atoms with van der Waals surface area (Å²) in [6, 6.07) is 10.3. The average molecular weight is 529 g/mol. The fraction of sp³-hybridized carbons (Fsp3) is 0.690. The van der Waals surface area contributed by atoms with Crippen LogP contribution in [0.1, 0.15) is 40.5 Å². The molecule has 1 aromatic carbocycles. The van der Waals surface area contributed by atoms with Gasteiger partial charge in [0.2, 0.25) is 0 Å². The van der Waals surface area contributed by atoms with Crippen molar-refractivity contribution < 1.29 is 33.7 Å². The van der Waals surface area contributed by atoms with E-state index in [9.17, 15) is 19.5 Å². The van der Waals surface area contributed by atoms with Gasteiger partial charge in [0, 0.05) is 75.9 Å². The normalized spacial score (nSPS) is 39.1. The van der Waals surface area contributed by atoms with Gasteiger partial charge in [0.1, 0.15) is 18.3 Å². The molecule has 2 saturated heterocycles. The van der Waals surface area contributed by atoms with E-state index in [2.05, 4.69) is 28.9 Å². The molecular weight excluding hydrogens is 488 g/mol. The smallest absolute Gasteiger partial charge is 0.311 e. The van der Waals surface area contributed by atoms with Gasteiger partial charge in [0.15, 0.2) is 0 Å². The van der Waals surface area contributed by atoms with Crippen molar-refractivity contribution in [1.29, 1.82) is 0 Å². The molecule has 0 spiro atoms. The molecule has 208 valence electrons. The van der Waals surface area contributed by atoms with Gasteiger partial charge in [-0.2, -0.15) is 0 Å². The molecule has 38 heavy (non-hydrogen) atoms. The average Bonchev–Trinajstić information content (AvgIpc) is 3.26. The molecule has 1 N–H and O–H groups in total. The highest BCUT2D eigenvalue weighted by atomic mass is 16.6. The number of carbonyl (C=O) groups is 3. The molecular formula is C29H40N2O7. The van der Waals surface area contributed by atoms with E-state index in [0.29, 0.717) is 13.0 Å². The number of aliphatic hydroxyl groups is 1. The van der Waals surface area contributed by atoms with Crippen LogP contribution in [0.2, 0.25) is 0 Å². The van der Waals surface area contributed by atoms with Crippen molar-refractivity contribution in [2.75, 3.05) is 37.6 Å². The minimum atomic E-state index is -0.886. The maximum atomic E-state index is 13.3. The van der Waals surface area contributed by atoms with Crippen LogP contribution in [0.3, 0.4) is 0 Å². The Morgan fingerprint density at radius 3 is 2.34 bits per heavy atom. The highest BCUT2D eigenvalue weighted by Gasteiger charge is 2.67. The third-order valence-corrected chi connectivity index (χ3v) is 9.50. The molecule has 5 rings (SSSR count). The van der Waals surface area contributed by atoms with Crippen LogP contribution in [0.4, 0.5) is 5.69 Å². The summed E-state index contributed by atoms with van der Waals surface area (Å²) >= 11 is 0. The second-order valence-electron chi connectivity index (χ2n) is 11.8. The van der Waals surface area contributed by atoms with Crippen LogP contribution in [-0.4, -0.2) is 85.1 Å². The van der Waals surface area contributed by atoms with E-state index < -0.39 is 47.7 Å². The number of nitrogens with zero attached hydrogens (tertiary/aromatic N) is 2. The summed E-state index contributed by atoms with van der Waals surface area (Å²) in [7, 11) is 0. The molecule has 2 aliphatic heterocycles. The number of piperazine rings is 1. The van der Waals surface area contributed by atoms with Crippen molar-refractivity contribution in [3.8, 4) is 0 Å². The number of aliphatic hydroxyl groups excluding tert-OH is 1. The van der Waals surface area contributed by atoms with E-state index >= 15 is 0 Å². The molecule has 0 amide bonds. The Kier molecular flexibility index (Phi) is 7.44. The quantitative estimate of drug-likeness (QED) is 0.455. The van der Waals surface area contributed by atoms with E-state index in [-0.39, 0.29) is 30.1 Å². The molecule has 0 bridgehead atoms. The number of carbonyl (C=O) groups excluding carboxylic acids is 3. The summed E-state index contributed by atoms with van der Waals surface area (Å²) in [5.41, 5.74) is 0.305. The Balaban J connectivity index is 1.40. The number of ether oxygens (including phenoxy) is 3. The van der Waals surface area contributed by atoms with Gasteiger partial charge in [0.05, 0.1) is 12.0 Å². The molecule has 2 heterocycles. The fourth-order valence-corrected chi connectivity index (χ4v) is 7.89. The van der Waals surface area contributed by atoms with Crippen molar-refractivity contribution in [3.63, 3.8) is 0 Å². The molecule has 4 fully saturated rings. The first-order valence-corrected chi connectivity index (χ1v) is 13.8. The third kappa shape index (κ3) is 4.79. The van der Waals surface area contributed by atoms with Gasteiger partial charge in [-0.15, -0.1) is 0 Å². The van der Waals surface area contributed by atoms with Crippen LogP contribution < -0.4 is 4.90 Å². The summed E-state index contributed by atoms with van der Waals surface area (Å²) in [6.07, 6.45) is -1.66. The largest absolute Gasteiger partial charge is 0.462 e. The van der Waals surface area contributed by atoms with Gasteiger partial charge in [-0.1, -0.05) is 32.0 Å². The lowest BCUT2D eigenvalue weighted by Gasteiger charge is -2.44. The van der Waals surface area contributed by atoms with E-state index in [0.717, 1.165) is 26.2 Å². The Hall–Kier alpha value is -2.65. The number of para-hydroxylation sites is 1. The lowest BCUT2D eigenvalue weighted by atomic mass is 9.66. The van der Waals surface area contributed by atoms with E-state index in [1.54, 1.807) is 0 Å². The predicted molar refractivity (Wildman–Crippen MR) is 139 cm³/mol. The first kappa shape index (κ1) is 26.9. The Labute approximate surface area is 224 Å². The highest BCUT2D eigenvalue weighted by molar-refractivity contribution is 5.76. The molecule has 1 aromatic rings. The number of fused-ring (bicyclic) bond motifs is 2. The second-order valence-corrected chi connectivity index (χ2v) is 11.8. The van der Waals surface area contributed by atoms with Crippen LogP contribution in [0.15, 0.2) is 30.3 Å². The molecule has 0 aromatic heterocycles. The summed E-state index contributed by atoms with van der Waals surface area (Å²) in [5.74, 6) is -2.23. The number of hydrogen-bond acceptors (Lipinski definition) is 9. The first-order valence-electron chi connectivity index (χ1n) is 13.8. The molecule has 4 aliphatic rings. The predicted octanol–water partition coefficient (Wildman–Crippen LogP) is 2.26.